The van der Waals surface area contributed by atoms with Gasteiger partial charge < -0.3 is 19.7 Å². The Bertz CT molecular complexity index is 704. The molecule has 0 bridgehead atoms. The summed E-state index contributed by atoms with van der Waals surface area (Å²) < 4.78 is 10.4. The summed E-state index contributed by atoms with van der Waals surface area (Å²) in [7, 11) is 0. The molecule has 1 aliphatic heterocycles. The quantitative estimate of drug-likeness (QED) is 0.828. The Labute approximate surface area is 139 Å². The van der Waals surface area contributed by atoms with Crippen LogP contribution in [0, 0.1) is 0 Å². The van der Waals surface area contributed by atoms with E-state index in [-0.39, 0.29) is 5.97 Å². The van der Waals surface area contributed by atoms with Crippen molar-refractivity contribution >= 4 is 23.4 Å². The van der Waals surface area contributed by atoms with E-state index in [1.54, 1.807) is 25.1 Å². The lowest BCUT2D eigenvalue weighted by molar-refractivity contribution is 0.0527. The second-order valence-electron chi connectivity index (χ2n) is 5.13. The lowest BCUT2D eigenvalue weighted by Gasteiger charge is -2.26. The summed E-state index contributed by atoms with van der Waals surface area (Å²) in [6.07, 6.45) is 1.52. The van der Waals surface area contributed by atoms with Crippen molar-refractivity contribution in [1.29, 1.82) is 0 Å². The van der Waals surface area contributed by atoms with E-state index >= 15 is 0 Å². The molecule has 0 radical (unpaired) electrons. The molecule has 1 aromatic heterocycles. The number of rotatable bonds is 5. The number of morpholine rings is 1. The maximum atomic E-state index is 12.0. The van der Waals surface area contributed by atoms with Gasteiger partial charge >= 0.3 is 5.97 Å². The minimum atomic E-state index is -0.379. The number of esters is 1. The Kier molecular flexibility index (Phi) is 5.17. The lowest BCUT2D eigenvalue weighted by atomic mass is 10.2. The molecular formula is C16H19N5O3. The standard InChI is InChI=1S/C16H19N5O3/c1-2-24-15(22)12-5-3-4-6-13(12)18-14-11-17-20-16(19-14)21-7-9-23-10-8-21/h3-6,11H,2,7-10H2,1H3,(H,18,19,20). The van der Waals surface area contributed by atoms with Gasteiger partial charge in [0.15, 0.2) is 5.82 Å². The first-order valence-corrected chi connectivity index (χ1v) is 7.83. The van der Waals surface area contributed by atoms with E-state index in [0.29, 0.717) is 42.8 Å². The van der Waals surface area contributed by atoms with Crippen molar-refractivity contribution in [3.05, 3.63) is 36.0 Å². The number of carbonyl (C=O) groups excluding carboxylic acids is 1. The number of para-hydroxylation sites is 1. The number of carbonyl (C=O) groups is 1. The monoisotopic (exact) mass is 329 g/mol. The third-order valence-electron chi connectivity index (χ3n) is 3.53. The van der Waals surface area contributed by atoms with Crippen molar-refractivity contribution in [2.45, 2.75) is 6.92 Å². The van der Waals surface area contributed by atoms with Crippen LogP contribution in [0.4, 0.5) is 17.5 Å². The molecule has 126 valence electrons. The zero-order chi connectivity index (χ0) is 16.8. The van der Waals surface area contributed by atoms with Crippen LogP contribution in [-0.4, -0.2) is 54.1 Å². The van der Waals surface area contributed by atoms with Crippen LogP contribution in [0.3, 0.4) is 0 Å². The number of aromatic nitrogens is 3. The number of benzene rings is 1. The van der Waals surface area contributed by atoms with E-state index in [4.69, 9.17) is 9.47 Å². The van der Waals surface area contributed by atoms with Gasteiger partial charge in [0.05, 0.1) is 37.3 Å². The molecule has 0 saturated carbocycles. The molecule has 0 amide bonds. The molecule has 8 heteroatoms. The van der Waals surface area contributed by atoms with Gasteiger partial charge in [0.2, 0.25) is 5.95 Å². The summed E-state index contributed by atoms with van der Waals surface area (Å²) in [5.74, 6) is 0.677. The smallest absolute Gasteiger partial charge is 0.340 e. The van der Waals surface area contributed by atoms with Gasteiger partial charge in [-0.15, -0.1) is 5.10 Å². The summed E-state index contributed by atoms with van der Waals surface area (Å²) in [5, 5.41) is 11.2. The average molecular weight is 329 g/mol. The van der Waals surface area contributed by atoms with E-state index in [9.17, 15) is 4.79 Å². The van der Waals surface area contributed by atoms with Crippen LogP contribution in [-0.2, 0) is 9.47 Å². The van der Waals surface area contributed by atoms with Crippen molar-refractivity contribution in [2.24, 2.45) is 0 Å². The summed E-state index contributed by atoms with van der Waals surface area (Å²) in [6, 6.07) is 7.12. The fourth-order valence-electron chi connectivity index (χ4n) is 2.37. The van der Waals surface area contributed by atoms with Gasteiger partial charge in [-0.25, -0.2) is 4.79 Å². The number of anilines is 3. The molecule has 3 rings (SSSR count). The fourth-order valence-corrected chi connectivity index (χ4v) is 2.37. The van der Waals surface area contributed by atoms with Crippen LogP contribution in [0.15, 0.2) is 30.5 Å². The Morgan fingerprint density at radius 2 is 2.12 bits per heavy atom. The predicted octanol–water partition coefficient (Wildman–Crippen LogP) is 1.63. The Hall–Kier alpha value is -2.74. The molecule has 1 saturated heterocycles. The van der Waals surface area contributed by atoms with Gasteiger partial charge in [0.25, 0.3) is 0 Å². The molecule has 2 aromatic rings. The topological polar surface area (TPSA) is 89.5 Å². The molecule has 1 fully saturated rings. The average Bonchev–Trinajstić information content (AvgIpc) is 2.63. The SMILES string of the molecule is CCOC(=O)c1ccccc1Nc1cnnc(N2CCOCC2)n1. The third-order valence-corrected chi connectivity index (χ3v) is 3.53. The van der Waals surface area contributed by atoms with Crippen molar-refractivity contribution < 1.29 is 14.3 Å². The highest BCUT2D eigenvalue weighted by Gasteiger charge is 2.16. The Balaban J connectivity index is 1.80. The van der Waals surface area contributed by atoms with Crippen molar-refractivity contribution in [3.8, 4) is 0 Å². The molecule has 1 aromatic carbocycles. The highest BCUT2D eigenvalue weighted by Crippen LogP contribution is 2.21. The summed E-state index contributed by atoms with van der Waals surface area (Å²) in [6.45, 7) is 4.84. The van der Waals surface area contributed by atoms with Crippen LogP contribution in [0.2, 0.25) is 0 Å². The molecule has 0 atom stereocenters. The normalized spacial score (nSPS) is 14.3. The molecule has 8 nitrogen and oxygen atoms in total. The van der Waals surface area contributed by atoms with Crippen LogP contribution >= 0.6 is 0 Å². The van der Waals surface area contributed by atoms with Crippen molar-refractivity contribution in [2.75, 3.05) is 43.1 Å². The van der Waals surface area contributed by atoms with E-state index < -0.39 is 0 Å². The number of hydrogen-bond acceptors (Lipinski definition) is 8. The Morgan fingerprint density at radius 3 is 2.92 bits per heavy atom. The van der Waals surface area contributed by atoms with Gasteiger partial charge in [-0.2, -0.15) is 10.1 Å². The maximum Gasteiger partial charge on any atom is 0.340 e. The maximum absolute atomic E-state index is 12.0. The molecule has 2 heterocycles. The molecule has 0 unspecified atom stereocenters. The number of nitrogens with one attached hydrogen (secondary N) is 1. The highest BCUT2D eigenvalue weighted by molar-refractivity contribution is 5.96. The van der Waals surface area contributed by atoms with Crippen LogP contribution in [0.5, 0.6) is 0 Å². The molecule has 1 aliphatic rings. The highest BCUT2D eigenvalue weighted by atomic mass is 16.5. The van der Waals surface area contributed by atoms with Gasteiger partial charge in [-0.1, -0.05) is 12.1 Å². The molecule has 1 N–H and O–H groups in total. The van der Waals surface area contributed by atoms with E-state index in [2.05, 4.69) is 20.5 Å². The van der Waals surface area contributed by atoms with Gasteiger partial charge in [0.1, 0.15) is 0 Å². The zero-order valence-corrected chi connectivity index (χ0v) is 13.4. The first kappa shape index (κ1) is 16.1. The molecular weight excluding hydrogens is 310 g/mol. The molecule has 0 spiro atoms. The van der Waals surface area contributed by atoms with Crippen LogP contribution < -0.4 is 10.2 Å². The predicted molar refractivity (Wildman–Crippen MR) is 88.5 cm³/mol. The van der Waals surface area contributed by atoms with Crippen molar-refractivity contribution in [1.82, 2.24) is 15.2 Å². The van der Waals surface area contributed by atoms with E-state index in [0.717, 1.165) is 13.1 Å². The minimum Gasteiger partial charge on any atom is -0.462 e. The van der Waals surface area contributed by atoms with Gasteiger partial charge in [-0.3, -0.25) is 0 Å². The van der Waals surface area contributed by atoms with Crippen LogP contribution in [0.25, 0.3) is 0 Å². The summed E-state index contributed by atoms with van der Waals surface area (Å²) in [4.78, 5) is 18.5. The zero-order valence-electron chi connectivity index (χ0n) is 13.4. The lowest BCUT2D eigenvalue weighted by Crippen LogP contribution is -2.37. The molecule has 0 aliphatic carbocycles. The molecule has 24 heavy (non-hydrogen) atoms. The second kappa shape index (κ2) is 7.69. The first-order valence-electron chi connectivity index (χ1n) is 7.83. The number of hydrogen-bond donors (Lipinski definition) is 1. The summed E-state index contributed by atoms with van der Waals surface area (Å²) >= 11 is 0. The number of nitrogens with zero attached hydrogens (tertiary/aromatic N) is 4. The second-order valence-corrected chi connectivity index (χ2v) is 5.13. The van der Waals surface area contributed by atoms with Crippen LogP contribution in [0.1, 0.15) is 17.3 Å². The fraction of sp³-hybridized carbons (Fsp3) is 0.375. The van der Waals surface area contributed by atoms with Crippen molar-refractivity contribution in [3.63, 3.8) is 0 Å². The van der Waals surface area contributed by atoms with Gasteiger partial charge in [-0.05, 0) is 19.1 Å². The third kappa shape index (κ3) is 3.77. The largest absolute Gasteiger partial charge is 0.462 e. The first-order chi connectivity index (χ1) is 11.8. The number of ether oxygens (including phenoxy) is 2. The van der Waals surface area contributed by atoms with E-state index in [1.807, 2.05) is 11.0 Å². The minimum absolute atomic E-state index is 0.323. The van der Waals surface area contributed by atoms with Gasteiger partial charge in [0, 0.05) is 13.1 Å². The van der Waals surface area contributed by atoms with E-state index in [1.165, 1.54) is 6.20 Å². The summed E-state index contributed by atoms with van der Waals surface area (Å²) in [5.41, 5.74) is 1.07. The Morgan fingerprint density at radius 1 is 1.33 bits per heavy atom.